The number of rotatable bonds is 7. The van der Waals surface area contributed by atoms with Gasteiger partial charge in [-0.05, 0) is 36.4 Å². The molecule has 138 valence electrons. The third-order valence-electron chi connectivity index (χ3n) is 3.78. The van der Waals surface area contributed by atoms with Gasteiger partial charge in [-0.15, -0.1) is 0 Å². The molecular weight excluding hydrogens is 352 g/mol. The largest absolute Gasteiger partial charge is 0.497 e. The van der Waals surface area contributed by atoms with Crippen molar-refractivity contribution in [3.8, 4) is 17.1 Å². The molecule has 1 heterocycles. The van der Waals surface area contributed by atoms with Crippen LogP contribution in [0.15, 0.2) is 53.1 Å². The molecule has 2 aromatic carbocycles. The van der Waals surface area contributed by atoms with Crippen LogP contribution >= 0.6 is 0 Å². The Morgan fingerprint density at radius 1 is 1.19 bits per heavy atom. The molecule has 1 N–H and O–H groups in total. The first kappa shape index (κ1) is 18.1. The highest BCUT2D eigenvalue weighted by molar-refractivity contribution is 5.94. The number of non-ortho nitro benzene ring substituents is 1. The third-order valence-corrected chi connectivity index (χ3v) is 3.78. The number of ether oxygens (including phenoxy) is 1. The number of hydrogen-bond acceptors (Lipinski definition) is 7. The van der Waals surface area contributed by atoms with Crippen LogP contribution in [0.4, 0.5) is 5.69 Å². The smallest absolute Gasteiger partial charge is 0.269 e. The molecule has 0 saturated heterocycles. The van der Waals surface area contributed by atoms with E-state index in [-0.39, 0.29) is 11.6 Å². The second-order valence-corrected chi connectivity index (χ2v) is 5.55. The zero-order valence-corrected chi connectivity index (χ0v) is 14.4. The summed E-state index contributed by atoms with van der Waals surface area (Å²) < 4.78 is 10.3. The van der Waals surface area contributed by atoms with Gasteiger partial charge in [0.1, 0.15) is 5.75 Å². The highest BCUT2D eigenvalue weighted by Crippen LogP contribution is 2.19. The molecule has 3 rings (SSSR count). The number of carbonyl (C=O) groups is 1. The van der Waals surface area contributed by atoms with Gasteiger partial charge in [0.05, 0.1) is 12.0 Å². The zero-order valence-electron chi connectivity index (χ0n) is 14.4. The second kappa shape index (κ2) is 8.09. The maximum Gasteiger partial charge on any atom is 0.269 e. The number of methoxy groups -OCH3 is 1. The molecule has 0 fully saturated rings. The van der Waals surface area contributed by atoms with E-state index in [4.69, 9.17) is 9.26 Å². The Kier molecular flexibility index (Phi) is 5.41. The first-order chi connectivity index (χ1) is 13.1. The van der Waals surface area contributed by atoms with Gasteiger partial charge in [-0.25, -0.2) is 0 Å². The Balaban J connectivity index is 1.53. The van der Waals surface area contributed by atoms with E-state index in [9.17, 15) is 14.9 Å². The Bertz CT molecular complexity index is 935. The maximum absolute atomic E-state index is 12.0. The Morgan fingerprint density at radius 2 is 1.89 bits per heavy atom. The number of hydrogen-bond donors (Lipinski definition) is 1. The zero-order chi connectivity index (χ0) is 19.2. The fourth-order valence-corrected chi connectivity index (χ4v) is 2.33. The first-order valence-corrected chi connectivity index (χ1v) is 8.06. The average Bonchev–Trinajstić information content (AvgIpc) is 3.17. The normalized spacial score (nSPS) is 10.4. The lowest BCUT2D eigenvalue weighted by atomic mass is 10.2. The van der Waals surface area contributed by atoms with Crippen molar-refractivity contribution in [3.05, 3.63) is 70.1 Å². The standard InChI is InChI=1S/C18H16N4O5/c1-26-15-8-4-12(5-9-15)17-20-16(27-21-17)10-11-19-18(23)13-2-6-14(7-3-13)22(24)25/h2-9H,10-11H2,1H3,(H,19,23). The van der Waals surface area contributed by atoms with Crippen LogP contribution in [0.2, 0.25) is 0 Å². The van der Waals surface area contributed by atoms with E-state index in [1.807, 2.05) is 12.1 Å². The summed E-state index contributed by atoms with van der Waals surface area (Å²) in [7, 11) is 1.59. The summed E-state index contributed by atoms with van der Waals surface area (Å²) in [6.45, 7) is 0.292. The summed E-state index contributed by atoms with van der Waals surface area (Å²) in [5, 5.41) is 17.3. The molecule has 3 aromatic rings. The quantitative estimate of drug-likeness (QED) is 0.502. The number of nitrogens with zero attached hydrogens (tertiary/aromatic N) is 3. The molecule has 9 heteroatoms. The van der Waals surface area contributed by atoms with Gasteiger partial charge in [-0.1, -0.05) is 5.16 Å². The predicted octanol–water partition coefficient (Wildman–Crippen LogP) is 2.63. The van der Waals surface area contributed by atoms with Crippen molar-refractivity contribution in [2.24, 2.45) is 0 Å². The van der Waals surface area contributed by atoms with Gasteiger partial charge in [0, 0.05) is 36.2 Å². The lowest BCUT2D eigenvalue weighted by Gasteiger charge is -2.03. The molecular formula is C18H16N4O5. The van der Waals surface area contributed by atoms with Crippen molar-refractivity contribution in [2.45, 2.75) is 6.42 Å². The number of aromatic nitrogens is 2. The van der Waals surface area contributed by atoms with E-state index in [1.165, 1.54) is 24.3 Å². The number of nitro groups is 1. The van der Waals surface area contributed by atoms with Gasteiger partial charge in [0.15, 0.2) is 0 Å². The van der Waals surface area contributed by atoms with E-state index < -0.39 is 4.92 Å². The Hall–Kier alpha value is -3.75. The molecule has 27 heavy (non-hydrogen) atoms. The van der Waals surface area contributed by atoms with Gasteiger partial charge < -0.3 is 14.6 Å². The van der Waals surface area contributed by atoms with Gasteiger partial charge in [0.25, 0.3) is 11.6 Å². The molecule has 0 radical (unpaired) electrons. The molecule has 0 saturated carbocycles. The predicted molar refractivity (Wildman–Crippen MR) is 95.4 cm³/mol. The molecule has 0 unspecified atom stereocenters. The number of nitrogens with one attached hydrogen (secondary N) is 1. The molecule has 0 atom stereocenters. The van der Waals surface area contributed by atoms with Gasteiger partial charge in [0.2, 0.25) is 11.7 Å². The molecule has 0 aliphatic carbocycles. The summed E-state index contributed by atoms with van der Waals surface area (Å²) in [4.78, 5) is 26.4. The molecule has 0 spiro atoms. The number of carbonyl (C=O) groups excluding carboxylic acids is 1. The van der Waals surface area contributed by atoms with Crippen molar-refractivity contribution in [3.63, 3.8) is 0 Å². The third kappa shape index (κ3) is 4.46. The summed E-state index contributed by atoms with van der Waals surface area (Å²) in [5.74, 6) is 1.25. The maximum atomic E-state index is 12.0. The molecule has 0 bridgehead atoms. The Labute approximate surface area is 154 Å². The minimum Gasteiger partial charge on any atom is -0.497 e. The molecule has 1 aromatic heterocycles. The van der Waals surface area contributed by atoms with Crippen LogP contribution in [0.3, 0.4) is 0 Å². The minimum absolute atomic E-state index is 0.0662. The van der Waals surface area contributed by atoms with Crippen LogP contribution in [-0.4, -0.2) is 34.6 Å². The van der Waals surface area contributed by atoms with Crippen molar-refractivity contribution < 1.29 is 19.0 Å². The van der Waals surface area contributed by atoms with E-state index in [2.05, 4.69) is 15.5 Å². The lowest BCUT2D eigenvalue weighted by molar-refractivity contribution is -0.384. The summed E-state index contributed by atoms with van der Waals surface area (Å²) in [5.41, 5.74) is 1.06. The van der Waals surface area contributed by atoms with Crippen LogP contribution < -0.4 is 10.1 Å². The van der Waals surface area contributed by atoms with Gasteiger partial charge in [-0.3, -0.25) is 14.9 Å². The fourth-order valence-electron chi connectivity index (χ4n) is 2.33. The highest BCUT2D eigenvalue weighted by Gasteiger charge is 2.11. The van der Waals surface area contributed by atoms with E-state index in [1.54, 1.807) is 19.2 Å². The molecule has 9 nitrogen and oxygen atoms in total. The Morgan fingerprint density at radius 3 is 2.52 bits per heavy atom. The lowest BCUT2D eigenvalue weighted by Crippen LogP contribution is -2.25. The number of benzene rings is 2. The average molecular weight is 368 g/mol. The minimum atomic E-state index is -0.516. The van der Waals surface area contributed by atoms with Crippen molar-refractivity contribution in [2.75, 3.05) is 13.7 Å². The number of nitro benzene ring substituents is 1. The van der Waals surface area contributed by atoms with Gasteiger partial charge in [-0.2, -0.15) is 4.98 Å². The SMILES string of the molecule is COc1ccc(-c2noc(CCNC(=O)c3ccc([N+](=O)[O-])cc3)n2)cc1. The van der Waals surface area contributed by atoms with Crippen LogP contribution in [0.5, 0.6) is 5.75 Å². The van der Waals surface area contributed by atoms with Crippen molar-refractivity contribution >= 4 is 11.6 Å². The van der Waals surface area contributed by atoms with E-state index in [0.29, 0.717) is 30.2 Å². The van der Waals surface area contributed by atoms with E-state index >= 15 is 0 Å². The monoisotopic (exact) mass is 368 g/mol. The second-order valence-electron chi connectivity index (χ2n) is 5.55. The topological polar surface area (TPSA) is 120 Å². The van der Waals surface area contributed by atoms with Crippen molar-refractivity contribution in [1.82, 2.24) is 15.5 Å². The molecule has 1 amide bonds. The number of amides is 1. The fraction of sp³-hybridized carbons (Fsp3) is 0.167. The van der Waals surface area contributed by atoms with Gasteiger partial charge >= 0.3 is 0 Å². The highest BCUT2D eigenvalue weighted by atomic mass is 16.6. The summed E-state index contributed by atoms with van der Waals surface area (Å²) >= 11 is 0. The summed E-state index contributed by atoms with van der Waals surface area (Å²) in [6.07, 6.45) is 0.363. The first-order valence-electron chi connectivity index (χ1n) is 8.06. The molecule has 0 aliphatic heterocycles. The molecule has 0 aliphatic rings. The van der Waals surface area contributed by atoms with E-state index in [0.717, 1.165) is 11.3 Å². The van der Waals surface area contributed by atoms with Crippen LogP contribution in [-0.2, 0) is 6.42 Å². The van der Waals surface area contributed by atoms with Crippen LogP contribution in [0, 0.1) is 10.1 Å². The van der Waals surface area contributed by atoms with Crippen LogP contribution in [0.1, 0.15) is 16.2 Å². The van der Waals surface area contributed by atoms with Crippen molar-refractivity contribution in [1.29, 1.82) is 0 Å². The van der Waals surface area contributed by atoms with Crippen LogP contribution in [0.25, 0.3) is 11.4 Å². The summed E-state index contributed by atoms with van der Waals surface area (Å²) in [6, 6.07) is 12.6.